The van der Waals surface area contributed by atoms with Crippen LogP contribution >= 0.6 is 0 Å². The standard InChI is InChI=1S/C10H22N2/c1-9-5-4-6-12(7-9)8-10(2,3)11/h9H,4-8,11H2,1-3H3/p+2/t9-/m0/s1. The molecule has 72 valence electrons. The number of hydrogen-bond donors (Lipinski definition) is 2. The summed E-state index contributed by atoms with van der Waals surface area (Å²) in [7, 11) is 0. The normalized spacial score (nSPS) is 32.0. The summed E-state index contributed by atoms with van der Waals surface area (Å²) in [6.45, 7) is 10.8. The summed E-state index contributed by atoms with van der Waals surface area (Å²) in [4.78, 5) is 1.76. The third kappa shape index (κ3) is 3.55. The van der Waals surface area contributed by atoms with Crippen LogP contribution in [0, 0.1) is 5.92 Å². The van der Waals surface area contributed by atoms with E-state index >= 15 is 0 Å². The smallest absolute Gasteiger partial charge is 0.138 e. The molecule has 0 aromatic heterocycles. The zero-order valence-corrected chi connectivity index (χ0v) is 8.82. The second kappa shape index (κ2) is 3.75. The van der Waals surface area contributed by atoms with Crippen molar-refractivity contribution in [3.8, 4) is 0 Å². The third-order valence-electron chi connectivity index (χ3n) is 2.59. The van der Waals surface area contributed by atoms with Crippen LogP contribution in [-0.2, 0) is 0 Å². The molecule has 1 rings (SSSR count). The van der Waals surface area contributed by atoms with Crippen molar-refractivity contribution in [3.05, 3.63) is 0 Å². The Morgan fingerprint density at radius 2 is 2.17 bits per heavy atom. The monoisotopic (exact) mass is 172 g/mol. The first kappa shape index (κ1) is 10.0. The van der Waals surface area contributed by atoms with Gasteiger partial charge in [-0.2, -0.15) is 0 Å². The molecule has 2 heteroatoms. The molecular formula is C10H24N2+2. The van der Waals surface area contributed by atoms with Gasteiger partial charge in [0.2, 0.25) is 0 Å². The quantitative estimate of drug-likeness (QED) is 0.553. The minimum atomic E-state index is 0.256. The highest BCUT2D eigenvalue weighted by Gasteiger charge is 2.27. The fourth-order valence-electron chi connectivity index (χ4n) is 2.23. The van der Waals surface area contributed by atoms with Gasteiger partial charge in [0.1, 0.15) is 12.1 Å². The average molecular weight is 172 g/mol. The maximum atomic E-state index is 4.17. The molecule has 2 nitrogen and oxygen atoms in total. The van der Waals surface area contributed by atoms with Crippen LogP contribution in [0.1, 0.15) is 33.6 Å². The van der Waals surface area contributed by atoms with E-state index < -0.39 is 0 Å². The van der Waals surface area contributed by atoms with Gasteiger partial charge in [-0.1, -0.05) is 6.92 Å². The van der Waals surface area contributed by atoms with Gasteiger partial charge < -0.3 is 10.6 Å². The van der Waals surface area contributed by atoms with Crippen LogP contribution in [0.5, 0.6) is 0 Å². The Balaban J connectivity index is 2.32. The molecule has 1 saturated heterocycles. The van der Waals surface area contributed by atoms with E-state index in [4.69, 9.17) is 0 Å². The van der Waals surface area contributed by atoms with Crippen molar-refractivity contribution in [1.29, 1.82) is 0 Å². The van der Waals surface area contributed by atoms with Crippen LogP contribution in [0.4, 0.5) is 0 Å². The van der Waals surface area contributed by atoms with Crippen molar-refractivity contribution >= 4 is 0 Å². The first-order valence-corrected chi connectivity index (χ1v) is 5.16. The number of quaternary nitrogens is 2. The third-order valence-corrected chi connectivity index (χ3v) is 2.59. The summed E-state index contributed by atoms with van der Waals surface area (Å²) in [6, 6.07) is 0. The summed E-state index contributed by atoms with van der Waals surface area (Å²) >= 11 is 0. The molecule has 0 aliphatic carbocycles. The minimum absolute atomic E-state index is 0.256. The lowest BCUT2D eigenvalue weighted by Gasteiger charge is -2.30. The molecule has 1 aliphatic rings. The molecule has 4 N–H and O–H groups in total. The van der Waals surface area contributed by atoms with Gasteiger partial charge in [0.25, 0.3) is 0 Å². The SMILES string of the molecule is C[C@H]1CCC[NH+](CC(C)(C)[NH3+])C1. The highest BCUT2D eigenvalue weighted by atomic mass is 15.1. The molecule has 0 spiro atoms. The summed E-state index contributed by atoms with van der Waals surface area (Å²) in [5.74, 6) is 0.927. The lowest BCUT2D eigenvalue weighted by Crippen LogP contribution is -3.16. The van der Waals surface area contributed by atoms with Crippen LogP contribution in [0.15, 0.2) is 0 Å². The van der Waals surface area contributed by atoms with Crippen molar-refractivity contribution in [2.75, 3.05) is 19.6 Å². The molecular weight excluding hydrogens is 148 g/mol. The Morgan fingerprint density at radius 1 is 1.50 bits per heavy atom. The topological polar surface area (TPSA) is 32.1 Å². The summed E-state index contributed by atoms with van der Waals surface area (Å²) in [6.07, 6.45) is 2.84. The average Bonchev–Trinajstić information content (AvgIpc) is 1.82. The first-order valence-electron chi connectivity index (χ1n) is 5.16. The Hall–Kier alpha value is -0.0800. The summed E-state index contributed by atoms with van der Waals surface area (Å²) in [5.41, 5.74) is 4.43. The van der Waals surface area contributed by atoms with Crippen LogP contribution in [0.25, 0.3) is 0 Å². The van der Waals surface area contributed by atoms with Crippen molar-refractivity contribution in [2.45, 2.75) is 39.2 Å². The van der Waals surface area contributed by atoms with Gasteiger partial charge in [-0.15, -0.1) is 0 Å². The number of nitrogens with one attached hydrogen (secondary N) is 1. The van der Waals surface area contributed by atoms with E-state index in [1.165, 1.54) is 32.5 Å². The molecule has 0 aromatic carbocycles. The van der Waals surface area contributed by atoms with Crippen LogP contribution in [0.2, 0.25) is 0 Å². The highest BCUT2D eigenvalue weighted by molar-refractivity contribution is 4.62. The lowest BCUT2D eigenvalue weighted by atomic mass is 9.98. The van der Waals surface area contributed by atoms with Crippen molar-refractivity contribution in [3.63, 3.8) is 0 Å². The minimum Gasteiger partial charge on any atom is -0.349 e. The second-order valence-electron chi connectivity index (χ2n) is 5.29. The van der Waals surface area contributed by atoms with Crippen LogP contribution < -0.4 is 10.6 Å². The van der Waals surface area contributed by atoms with Crippen LogP contribution in [-0.4, -0.2) is 25.2 Å². The fourth-order valence-corrected chi connectivity index (χ4v) is 2.23. The van der Waals surface area contributed by atoms with Crippen molar-refractivity contribution in [1.82, 2.24) is 0 Å². The highest BCUT2D eigenvalue weighted by Crippen LogP contribution is 2.05. The Bertz CT molecular complexity index is 137. The molecule has 1 unspecified atom stereocenters. The fraction of sp³-hybridized carbons (Fsp3) is 1.00. The van der Waals surface area contributed by atoms with Gasteiger partial charge in [-0.3, -0.25) is 0 Å². The molecule has 1 heterocycles. The summed E-state index contributed by atoms with van der Waals surface area (Å²) in [5, 5.41) is 0. The molecule has 0 amide bonds. The number of piperidine rings is 1. The molecule has 0 aromatic rings. The Morgan fingerprint density at radius 3 is 2.67 bits per heavy atom. The Labute approximate surface area is 76.1 Å². The zero-order chi connectivity index (χ0) is 9.19. The van der Waals surface area contributed by atoms with Gasteiger partial charge in [-0.05, 0) is 26.7 Å². The molecule has 0 bridgehead atoms. The van der Waals surface area contributed by atoms with E-state index in [0.29, 0.717) is 0 Å². The maximum absolute atomic E-state index is 4.17. The van der Waals surface area contributed by atoms with E-state index in [1.807, 2.05) is 0 Å². The molecule has 2 atom stereocenters. The van der Waals surface area contributed by atoms with Gasteiger partial charge >= 0.3 is 0 Å². The molecule has 1 fully saturated rings. The number of likely N-dealkylation sites (tertiary alicyclic amines) is 1. The summed E-state index contributed by atoms with van der Waals surface area (Å²) < 4.78 is 0. The van der Waals surface area contributed by atoms with E-state index in [9.17, 15) is 0 Å². The van der Waals surface area contributed by atoms with Crippen molar-refractivity contribution < 1.29 is 10.6 Å². The maximum Gasteiger partial charge on any atom is 0.138 e. The lowest BCUT2D eigenvalue weighted by molar-refractivity contribution is -0.921. The van der Waals surface area contributed by atoms with E-state index in [2.05, 4.69) is 26.5 Å². The van der Waals surface area contributed by atoms with Crippen LogP contribution in [0.3, 0.4) is 0 Å². The van der Waals surface area contributed by atoms with Crippen molar-refractivity contribution in [2.24, 2.45) is 5.92 Å². The van der Waals surface area contributed by atoms with Gasteiger partial charge in [0.15, 0.2) is 0 Å². The number of hydrogen-bond acceptors (Lipinski definition) is 0. The molecule has 1 aliphatic heterocycles. The largest absolute Gasteiger partial charge is 0.349 e. The molecule has 12 heavy (non-hydrogen) atoms. The predicted molar refractivity (Wildman–Crippen MR) is 50.9 cm³/mol. The predicted octanol–water partition coefficient (Wildman–Crippen LogP) is -0.678. The van der Waals surface area contributed by atoms with E-state index in [-0.39, 0.29) is 5.54 Å². The second-order valence-corrected chi connectivity index (χ2v) is 5.29. The molecule has 0 radical (unpaired) electrons. The van der Waals surface area contributed by atoms with E-state index in [1.54, 1.807) is 4.90 Å². The van der Waals surface area contributed by atoms with Gasteiger partial charge in [0.05, 0.1) is 13.1 Å². The van der Waals surface area contributed by atoms with Gasteiger partial charge in [0, 0.05) is 5.92 Å². The first-order chi connectivity index (χ1) is 5.47. The van der Waals surface area contributed by atoms with Gasteiger partial charge in [-0.25, -0.2) is 0 Å². The number of rotatable bonds is 2. The zero-order valence-electron chi connectivity index (χ0n) is 8.82. The molecule has 0 saturated carbocycles. The Kier molecular flexibility index (Phi) is 3.13. The van der Waals surface area contributed by atoms with E-state index in [0.717, 1.165) is 5.92 Å².